The van der Waals surface area contributed by atoms with Crippen LogP contribution in [0.1, 0.15) is 12.8 Å². The van der Waals surface area contributed by atoms with Crippen LogP contribution in [-0.2, 0) is 9.09 Å². The largest absolute Gasteiger partial charge is 0.327 e. The first-order valence-corrected chi connectivity index (χ1v) is 2.96. The molecule has 0 unspecified atom stereocenters. The van der Waals surface area contributed by atoms with E-state index in [0.29, 0.717) is 19.4 Å². The second-order valence-corrected chi connectivity index (χ2v) is 1.58. The van der Waals surface area contributed by atoms with Crippen molar-refractivity contribution in [2.75, 3.05) is 6.61 Å². The maximum atomic E-state index is 9.56. The fourth-order valence-corrected chi connectivity index (χ4v) is 0.457. The Bertz CT molecular complexity index is 98.7. The molecule has 0 amide bonds. The highest BCUT2D eigenvalue weighted by molar-refractivity contribution is 7.17. The maximum absolute atomic E-state index is 9.56. The van der Waals surface area contributed by atoms with Crippen molar-refractivity contribution in [2.45, 2.75) is 12.8 Å². The summed E-state index contributed by atoms with van der Waals surface area (Å²) in [5, 5.41) is 7.98. The minimum Gasteiger partial charge on any atom is -0.294 e. The van der Waals surface area contributed by atoms with Gasteiger partial charge in [-0.2, -0.15) is 5.26 Å². The summed E-state index contributed by atoms with van der Waals surface area (Å²) in [6, 6.07) is 1.94. The van der Waals surface area contributed by atoms with Gasteiger partial charge in [0, 0.05) is 6.42 Å². The molecule has 0 aromatic carbocycles. The lowest BCUT2D eigenvalue weighted by Gasteiger charge is -1.85. The summed E-state index contributed by atoms with van der Waals surface area (Å²) in [6.07, 6.45) is 1.13. The van der Waals surface area contributed by atoms with Crippen LogP contribution in [0.4, 0.5) is 0 Å². The summed E-state index contributed by atoms with van der Waals surface area (Å²) in [4.78, 5) is 0. The number of hydrogen-bond donors (Lipinski definition) is 0. The molecule has 0 aliphatic heterocycles. The summed E-state index contributed by atoms with van der Waals surface area (Å²) in [7, 11) is -0.299. The Hall–Kier alpha value is -0.450. The molecule has 44 valence electrons. The minimum atomic E-state index is -0.299. The molecule has 3 nitrogen and oxygen atoms in total. The van der Waals surface area contributed by atoms with Gasteiger partial charge >= 0.3 is 8.69 Å². The fourth-order valence-electron chi connectivity index (χ4n) is 0.253. The minimum absolute atomic E-state index is 0.299. The van der Waals surface area contributed by atoms with Crippen molar-refractivity contribution in [2.24, 2.45) is 0 Å². The van der Waals surface area contributed by atoms with Gasteiger partial charge in [-0.15, -0.1) is 0 Å². The molecule has 0 aromatic rings. The van der Waals surface area contributed by atoms with E-state index >= 15 is 0 Å². The summed E-state index contributed by atoms with van der Waals surface area (Å²) >= 11 is 0. The van der Waals surface area contributed by atoms with Crippen molar-refractivity contribution in [1.82, 2.24) is 0 Å². The van der Waals surface area contributed by atoms with E-state index in [9.17, 15) is 4.57 Å². The monoisotopic (exact) mass is 131 g/mol. The van der Waals surface area contributed by atoms with Gasteiger partial charge in [0.25, 0.3) is 0 Å². The van der Waals surface area contributed by atoms with Crippen LogP contribution in [0.3, 0.4) is 0 Å². The predicted octanol–water partition coefficient (Wildman–Crippen LogP) is 1.51. The molecule has 0 atom stereocenters. The third kappa shape index (κ3) is 5.55. The van der Waals surface area contributed by atoms with Gasteiger partial charge in [-0.1, -0.05) is 0 Å². The summed E-state index contributed by atoms with van der Waals surface area (Å²) in [5.74, 6) is 0. The summed E-state index contributed by atoms with van der Waals surface area (Å²) in [6.45, 7) is 0.401. The zero-order chi connectivity index (χ0) is 6.24. The van der Waals surface area contributed by atoms with Crippen LogP contribution in [0.15, 0.2) is 0 Å². The van der Waals surface area contributed by atoms with Crippen molar-refractivity contribution >= 4 is 8.69 Å². The van der Waals surface area contributed by atoms with E-state index in [2.05, 4.69) is 4.52 Å². The molecular weight excluding hydrogens is 125 g/mol. The second kappa shape index (κ2) is 6.55. The van der Waals surface area contributed by atoms with Crippen molar-refractivity contribution < 1.29 is 9.09 Å². The predicted molar refractivity (Wildman–Crippen MR) is 28.4 cm³/mol. The Morgan fingerprint density at radius 2 is 2.50 bits per heavy atom. The van der Waals surface area contributed by atoms with E-state index in [1.54, 1.807) is 0 Å². The van der Waals surface area contributed by atoms with E-state index in [0.717, 1.165) is 0 Å². The van der Waals surface area contributed by atoms with E-state index < -0.39 is 0 Å². The zero-order valence-electron chi connectivity index (χ0n) is 4.33. The molecule has 0 rings (SSSR count). The lowest BCUT2D eigenvalue weighted by molar-refractivity contribution is 0.337. The molecule has 0 saturated heterocycles. The molecule has 0 spiro atoms. The highest BCUT2D eigenvalue weighted by Gasteiger charge is 1.83. The standard InChI is InChI=1S/C4H6NO2P/c5-3-1-2-4-7-8-6/h1-2,4H2. The first-order valence-electron chi connectivity index (χ1n) is 2.23. The van der Waals surface area contributed by atoms with Gasteiger partial charge in [-0.3, -0.25) is 4.52 Å². The quantitative estimate of drug-likeness (QED) is 0.429. The topological polar surface area (TPSA) is 50.1 Å². The molecule has 4 heteroatoms. The summed E-state index contributed by atoms with van der Waals surface area (Å²) < 4.78 is 14.0. The number of hydrogen-bond acceptors (Lipinski definition) is 3. The lowest BCUT2D eigenvalue weighted by atomic mass is 10.4. The van der Waals surface area contributed by atoms with E-state index in [4.69, 9.17) is 5.26 Å². The lowest BCUT2D eigenvalue weighted by Crippen LogP contribution is -1.80. The smallest absolute Gasteiger partial charge is 0.294 e. The Balaban J connectivity index is 2.74. The number of unbranched alkanes of at least 4 members (excludes halogenated alkanes) is 1. The third-order valence-corrected chi connectivity index (χ3v) is 0.865. The van der Waals surface area contributed by atoms with Crippen LogP contribution < -0.4 is 0 Å². The van der Waals surface area contributed by atoms with Crippen LogP contribution in [0, 0.1) is 11.3 Å². The average molecular weight is 131 g/mol. The van der Waals surface area contributed by atoms with Crippen LogP contribution in [0.2, 0.25) is 0 Å². The van der Waals surface area contributed by atoms with Gasteiger partial charge in [0.2, 0.25) is 0 Å². The molecule has 8 heavy (non-hydrogen) atoms. The molecule has 0 heterocycles. The molecule has 0 aromatic heterocycles. The average Bonchev–Trinajstić information content (AvgIpc) is 1.81. The highest BCUT2D eigenvalue weighted by Crippen LogP contribution is 1.96. The molecule has 0 fully saturated rings. The highest BCUT2D eigenvalue weighted by atomic mass is 31.1. The van der Waals surface area contributed by atoms with Crippen LogP contribution >= 0.6 is 8.69 Å². The van der Waals surface area contributed by atoms with Gasteiger partial charge < -0.3 is 0 Å². The van der Waals surface area contributed by atoms with Crippen molar-refractivity contribution in [1.29, 1.82) is 5.26 Å². The second-order valence-electron chi connectivity index (χ2n) is 1.17. The van der Waals surface area contributed by atoms with Crippen LogP contribution in [-0.4, -0.2) is 6.61 Å². The fraction of sp³-hybridized carbons (Fsp3) is 0.750. The van der Waals surface area contributed by atoms with Gasteiger partial charge in [-0.05, 0) is 6.42 Å². The number of nitriles is 1. The Morgan fingerprint density at radius 3 is 3.00 bits per heavy atom. The molecule has 0 bridgehead atoms. The normalized spacial score (nSPS) is 8.88. The van der Waals surface area contributed by atoms with Crippen molar-refractivity contribution in [3.05, 3.63) is 0 Å². The first kappa shape index (κ1) is 7.55. The maximum Gasteiger partial charge on any atom is 0.327 e. The number of nitrogens with zero attached hydrogens (tertiary/aromatic N) is 1. The van der Waals surface area contributed by atoms with Gasteiger partial charge in [0.15, 0.2) is 0 Å². The van der Waals surface area contributed by atoms with Crippen LogP contribution in [0.5, 0.6) is 0 Å². The van der Waals surface area contributed by atoms with Crippen LogP contribution in [0.25, 0.3) is 0 Å². The van der Waals surface area contributed by atoms with Gasteiger partial charge in [0.05, 0.1) is 12.7 Å². The summed E-state index contributed by atoms with van der Waals surface area (Å²) in [5.41, 5.74) is 0. The van der Waals surface area contributed by atoms with Gasteiger partial charge in [-0.25, -0.2) is 4.57 Å². The molecule has 0 saturated carbocycles. The van der Waals surface area contributed by atoms with Crippen molar-refractivity contribution in [3.63, 3.8) is 0 Å². The van der Waals surface area contributed by atoms with Gasteiger partial charge in [0.1, 0.15) is 0 Å². The third-order valence-electron chi connectivity index (χ3n) is 0.577. The molecule has 0 aliphatic rings. The Morgan fingerprint density at radius 1 is 1.75 bits per heavy atom. The van der Waals surface area contributed by atoms with E-state index in [1.165, 1.54) is 0 Å². The first-order chi connectivity index (χ1) is 3.91. The molecule has 0 N–H and O–H groups in total. The van der Waals surface area contributed by atoms with E-state index in [1.807, 2.05) is 6.07 Å². The molecule has 0 aliphatic carbocycles. The zero-order valence-corrected chi connectivity index (χ0v) is 5.23. The SMILES string of the molecule is N#CCCCOP=O. The number of rotatable bonds is 4. The van der Waals surface area contributed by atoms with E-state index in [-0.39, 0.29) is 8.69 Å². The molecular formula is C4H6NO2P. The molecule has 0 radical (unpaired) electrons. The van der Waals surface area contributed by atoms with Crippen molar-refractivity contribution in [3.8, 4) is 6.07 Å². The Kier molecular flexibility index (Phi) is 6.18. The Labute approximate surface area is 49.5 Å².